The maximum Gasteiger partial charge on any atom is 0.338 e. The molecule has 5 aliphatic heterocycles. The Hall–Kier alpha value is -16.5. The molecule has 14 rings (SSSR count). The summed E-state index contributed by atoms with van der Waals surface area (Å²) in [5, 5.41) is 68.9. The Bertz CT molecular complexity index is 6300. The average molecular weight is 1710 g/mol. The second kappa shape index (κ2) is 42.3. The fourth-order valence-corrected chi connectivity index (χ4v) is 15.0. The van der Waals surface area contributed by atoms with E-state index in [1.807, 2.05) is 121 Å². The van der Waals surface area contributed by atoms with Gasteiger partial charge in [0.25, 0.3) is 0 Å². The second-order valence-corrected chi connectivity index (χ2v) is 28.6. The largest absolute Gasteiger partial charge is 0.478 e. The molecular formula is C99H87N9O19. The summed E-state index contributed by atoms with van der Waals surface area (Å²) < 4.78 is 53.6. The zero-order chi connectivity index (χ0) is 92.0. The van der Waals surface area contributed by atoms with Gasteiger partial charge in [-0.25, -0.2) is 33.6 Å². The first-order valence-electron chi connectivity index (χ1n) is 39.8. The van der Waals surface area contributed by atoms with Crippen LogP contribution in [0.1, 0.15) is 167 Å². The van der Waals surface area contributed by atoms with E-state index in [4.69, 9.17) is 63.3 Å². The number of methoxy groups -OCH3 is 1. The Balaban J connectivity index is 0.000000166. The van der Waals surface area contributed by atoms with Crippen LogP contribution in [-0.4, -0.2) is 93.9 Å². The lowest BCUT2D eigenvalue weighted by molar-refractivity contribution is -0.141. The molecule has 0 radical (unpaired) electrons. The highest BCUT2D eigenvalue weighted by Crippen LogP contribution is 2.47. The molecule has 28 heteroatoms. The van der Waals surface area contributed by atoms with Crippen molar-refractivity contribution in [3.63, 3.8) is 0 Å². The molecule has 8 heterocycles. The van der Waals surface area contributed by atoms with E-state index < -0.39 is 71.4 Å². The number of rotatable bonds is 17. The summed E-state index contributed by atoms with van der Waals surface area (Å²) in [5.41, 5.74) is 15.8. The first-order chi connectivity index (χ1) is 61.0. The number of para-hydroxylation sites is 3. The van der Waals surface area contributed by atoms with Crippen LogP contribution < -0.4 is 5.73 Å². The number of nitriles is 5. The highest BCUT2D eigenvalue weighted by molar-refractivity contribution is 5.98. The van der Waals surface area contributed by atoms with Gasteiger partial charge in [0.15, 0.2) is 0 Å². The first-order valence-corrected chi connectivity index (χ1v) is 39.8. The number of hydrogen-bond donors (Lipinski definition) is 3. The monoisotopic (exact) mass is 1710 g/mol. The van der Waals surface area contributed by atoms with E-state index in [1.54, 1.807) is 126 Å². The molecule has 5 atom stereocenters. The van der Waals surface area contributed by atoms with Crippen molar-refractivity contribution in [2.24, 2.45) is 5.73 Å². The quantitative estimate of drug-likeness (QED) is 0.0563. The van der Waals surface area contributed by atoms with Gasteiger partial charge in [-0.15, -0.1) is 0 Å². The zero-order valence-corrected chi connectivity index (χ0v) is 71.6. The standard InChI is InChI=1S/C23H19NO5.2C20H18N2O3.C19H17N3O3.C17H15NO5/c1-14-19(12-24)21(17-8-10-18(11-9-17)22(25)26)20(15(2)29-14)23(27)28-13-16-6-4-3-5-7-16;1-4-24-20(23)18-13(3)25-12(2)16(10-21)19(18)15-9-14-7-5-6-8-17(14)22-11-15;1-4-24-20(23)18-13(3)25-12(2)15(11-21)19(18)17-10-9-14-7-5-6-8-16(14)22-17;1-3-24-19(23)16-11(2)25-18(21)14(10-20)17(16)13-8-9-22-15-7-5-4-6-12(13)15;1-9-13(8-18)15(14(10(2)23-9)17(21)22-3)11-4-6-12(7-5-11)16(19)20/h3-11,21H,13H2,1-2H3,(H,25,26);5-9,11,19H,4H2,1-3H3;5-10,19H,4H2,1-3H3;4-9,17H,3,21H2,1-2H3;4-7,15H,1-3H3,(H,19,20). The van der Waals surface area contributed by atoms with E-state index in [0.29, 0.717) is 96.5 Å². The molecule has 5 unspecified atom stereocenters. The molecule has 642 valence electrons. The summed E-state index contributed by atoms with van der Waals surface area (Å²) in [4.78, 5) is 98.2. The van der Waals surface area contributed by atoms with Crippen LogP contribution in [0.3, 0.4) is 0 Å². The summed E-state index contributed by atoms with van der Waals surface area (Å²) in [6.07, 6.45) is 3.35. The fraction of sp³-hybridized carbons (Fsp3) is 0.222. The summed E-state index contributed by atoms with van der Waals surface area (Å²) in [7, 11) is 1.25. The molecule has 0 spiro atoms. The number of carboxylic acids is 2. The Kier molecular flexibility index (Phi) is 30.9. The van der Waals surface area contributed by atoms with Gasteiger partial charge in [0, 0.05) is 28.6 Å². The molecule has 0 aliphatic carbocycles. The Morgan fingerprint density at radius 3 is 1.23 bits per heavy atom. The molecule has 6 aromatic carbocycles. The molecule has 0 bridgehead atoms. The van der Waals surface area contributed by atoms with Crippen molar-refractivity contribution in [1.29, 1.82) is 26.3 Å². The van der Waals surface area contributed by atoms with Crippen molar-refractivity contribution in [2.45, 2.75) is 119 Å². The van der Waals surface area contributed by atoms with Crippen molar-refractivity contribution < 1.29 is 91.1 Å². The maximum absolute atomic E-state index is 12.9. The van der Waals surface area contributed by atoms with Crippen LogP contribution in [0.5, 0.6) is 0 Å². The van der Waals surface area contributed by atoms with Gasteiger partial charge in [-0.1, -0.05) is 115 Å². The normalized spacial score (nSPS) is 17.0. The summed E-state index contributed by atoms with van der Waals surface area (Å²) >= 11 is 0. The van der Waals surface area contributed by atoms with Gasteiger partial charge >= 0.3 is 41.8 Å². The van der Waals surface area contributed by atoms with Crippen LogP contribution in [0.25, 0.3) is 32.7 Å². The molecular weight excluding hydrogens is 1620 g/mol. The predicted octanol–water partition coefficient (Wildman–Crippen LogP) is 17.9. The van der Waals surface area contributed by atoms with E-state index in [1.165, 1.54) is 31.4 Å². The topological polar surface area (TPSA) is 436 Å². The van der Waals surface area contributed by atoms with Gasteiger partial charge in [-0.2, -0.15) is 26.3 Å². The van der Waals surface area contributed by atoms with Crippen LogP contribution in [0.15, 0.2) is 302 Å². The van der Waals surface area contributed by atoms with Crippen molar-refractivity contribution >= 4 is 74.5 Å². The number of aromatic nitrogens is 3. The lowest BCUT2D eigenvalue weighted by atomic mass is 9.82. The molecule has 127 heavy (non-hydrogen) atoms. The van der Waals surface area contributed by atoms with Gasteiger partial charge in [-0.05, 0) is 172 Å². The molecule has 9 aromatic rings. The molecule has 0 saturated heterocycles. The minimum atomic E-state index is -1.05. The molecule has 0 amide bonds. The Morgan fingerprint density at radius 1 is 0.386 bits per heavy atom. The minimum Gasteiger partial charge on any atom is -0.478 e. The summed E-state index contributed by atoms with van der Waals surface area (Å²) in [6.45, 7) is 21.1. The van der Waals surface area contributed by atoms with Gasteiger partial charge in [0.05, 0.1) is 164 Å². The van der Waals surface area contributed by atoms with E-state index in [-0.39, 0.29) is 71.3 Å². The van der Waals surface area contributed by atoms with Crippen LogP contribution in [-0.2, 0) is 77.9 Å². The molecule has 5 aliphatic rings. The van der Waals surface area contributed by atoms with Crippen molar-refractivity contribution in [3.8, 4) is 30.3 Å². The number of fused-ring (bicyclic) bond motifs is 3. The average Bonchev–Trinajstić information content (AvgIpc) is 0.735. The summed E-state index contributed by atoms with van der Waals surface area (Å²) in [6, 6.07) is 62.5. The van der Waals surface area contributed by atoms with Crippen molar-refractivity contribution in [2.75, 3.05) is 26.9 Å². The van der Waals surface area contributed by atoms with Crippen LogP contribution in [0.4, 0.5) is 0 Å². The number of carboxylic acid groups (broad SMARTS) is 2. The molecule has 0 saturated carbocycles. The highest BCUT2D eigenvalue weighted by Gasteiger charge is 2.42. The number of carbonyl (C=O) groups is 7. The lowest BCUT2D eigenvalue weighted by Crippen LogP contribution is -2.25. The summed E-state index contributed by atoms with van der Waals surface area (Å²) in [5.74, 6) is -4.18. The minimum absolute atomic E-state index is 0.000980. The molecule has 28 nitrogen and oxygen atoms in total. The van der Waals surface area contributed by atoms with Crippen LogP contribution >= 0.6 is 0 Å². The smallest absolute Gasteiger partial charge is 0.338 e. The number of aromatic carboxylic acids is 2. The number of allylic oxidation sites excluding steroid dienone is 14. The molecule has 4 N–H and O–H groups in total. The number of esters is 5. The van der Waals surface area contributed by atoms with Gasteiger partial charge in [-0.3, -0.25) is 15.0 Å². The van der Waals surface area contributed by atoms with Gasteiger partial charge in [0.1, 0.15) is 70.1 Å². The van der Waals surface area contributed by atoms with E-state index in [2.05, 4.69) is 45.3 Å². The van der Waals surface area contributed by atoms with Crippen molar-refractivity contribution in [3.05, 3.63) is 346 Å². The van der Waals surface area contributed by atoms with Gasteiger partial charge < -0.3 is 63.3 Å². The van der Waals surface area contributed by atoms with Crippen molar-refractivity contribution in [1.82, 2.24) is 15.0 Å². The number of benzene rings is 6. The number of pyridine rings is 3. The zero-order valence-electron chi connectivity index (χ0n) is 71.6. The van der Waals surface area contributed by atoms with E-state index >= 15 is 0 Å². The maximum atomic E-state index is 12.9. The number of hydrogen-bond acceptors (Lipinski definition) is 26. The number of carbonyl (C=O) groups excluding carboxylic acids is 5. The molecule has 3 aromatic heterocycles. The lowest BCUT2D eigenvalue weighted by Gasteiger charge is -2.27. The molecule has 0 fully saturated rings. The first kappa shape index (κ1) is 92.8. The van der Waals surface area contributed by atoms with Crippen LogP contribution in [0, 0.1) is 56.7 Å². The van der Waals surface area contributed by atoms with Gasteiger partial charge in [0.2, 0.25) is 5.88 Å². The highest BCUT2D eigenvalue weighted by atomic mass is 16.6. The van der Waals surface area contributed by atoms with Crippen LogP contribution in [0.2, 0.25) is 0 Å². The van der Waals surface area contributed by atoms with E-state index in [9.17, 15) is 59.9 Å². The third kappa shape index (κ3) is 20.8. The SMILES string of the molecule is CC1=C(C#N)C(c2ccc(C(=O)O)cc2)C(C(=O)OCc2ccccc2)=C(C)O1.CCOC(=O)C1=C(C)OC(C)=C(C#N)C1c1ccc2ccccc2n1.CCOC(=O)C1=C(C)OC(C)=C(C#N)C1c1cnc2ccccc2c1.CCOC(=O)C1=C(C)OC(N)=C(C#N)C1c1ccnc2ccccc12.COC(=O)C1=C(C)OC(C)=C(C#N)C1c1ccc(C(=O)O)cc1. The fourth-order valence-electron chi connectivity index (χ4n) is 15.0. The Labute approximate surface area is 731 Å². The third-order valence-corrected chi connectivity index (χ3v) is 20.8. The third-order valence-electron chi connectivity index (χ3n) is 20.8. The van der Waals surface area contributed by atoms with E-state index in [0.717, 1.165) is 49.4 Å². The number of nitrogens with two attached hydrogens (primary N) is 1. The Morgan fingerprint density at radius 2 is 0.772 bits per heavy atom. The number of ether oxygens (including phenoxy) is 10. The second-order valence-electron chi connectivity index (χ2n) is 28.6. The predicted molar refractivity (Wildman–Crippen MR) is 463 cm³/mol. The number of nitrogens with zero attached hydrogens (tertiary/aromatic N) is 8.